The molecule has 0 spiro atoms. The van der Waals surface area contributed by atoms with Crippen LogP contribution in [0.2, 0.25) is 0 Å². The predicted molar refractivity (Wildman–Crippen MR) is 66.9 cm³/mol. The Morgan fingerprint density at radius 1 is 1.47 bits per heavy atom. The van der Waals surface area contributed by atoms with Gasteiger partial charge in [0.1, 0.15) is 0 Å². The first-order chi connectivity index (χ1) is 8.09. The molecule has 4 heteroatoms. The summed E-state index contributed by atoms with van der Waals surface area (Å²) in [4.78, 5) is 11.9. The summed E-state index contributed by atoms with van der Waals surface area (Å²) in [6.45, 7) is 1.91. The smallest absolute Gasteiger partial charge is 0.253 e. The van der Waals surface area contributed by atoms with Crippen LogP contribution in [-0.2, 0) is 7.05 Å². The number of hydrogen-bond donors (Lipinski definition) is 2. The number of carbonyl (C=O) groups is 1. The second kappa shape index (κ2) is 4.59. The summed E-state index contributed by atoms with van der Waals surface area (Å²) in [6, 6.07) is 7.75. The van der Waals surface area contributed by atoms with Crippen LogP contribution in [0.5, 0.6) is 0 Å². The summed E-state index contributed by atoms with van der Waals surface area (Å²) in [5.41, 5.74) is 1.67. The molecule has 0 aliphatic rings. The van der Waals surface area contributed by atoms with Crippen molar-refractivity contribution in [3.8, 4) is 0 Å². The zero-order valence-corrected chi connectivity index (χ0v) is 9.97. The Balaban J connectivity index is 2.32. The standard InChI is InChI=1S/C13H16N2O2/c1-9(16)7-14-13(17)11-8-15(2)12-6-4-3-5-10(11)12/h3-6,8-9,16H,7H2,1-2H3,(H,14,17)/t9-/m1/s1. The first-order valence-corrected chi connectivity index (χ1v) is 5.60. The fourth-order valence-electron chi connectivity index (χ4n) is 1.86. The number of aliphatic hydroxyl groups excluding tert-OH is 1. The zero-order chi connectivity index (χ0) is 12.4. The van der Waals surface area contributed by atoms with Gasteiger partial charge in [-0.15, -0.1) is 0 Å². The largest absolute Gasteiger partial charge is 0.392 e. The molecule has 2 aromatic rings. The van der Waals surface area contributed by atoms with Crippen LogP contribution in [0, 0.1) is 0 Å². The molecule has 0 saturated carbocycles. The van der Waals surface area contributed by atoms with Gasteiger partial charge in [-0.3, -0.25) is 4.79 Å². The number of amides is 1. The van der Waals surface area contributed by atoms with Crippen LogP contribution < -0.4 is 5.32 Å². The Kier molecular flexibility index (Phi) is 3.15. The molecule has 2 N–H and O–H groups in total. The van der Waals surface area contributed by atoms with E-state index < -0.39 is 6.10 Å². The minimum Gasteiger partial charge on any atom is -0.392 e. The van der Waals surface area contributed by atoms with Crippen molar-refractivity contribution < 1.29 is 9.90 Å². The Morgan fingerprint density at radius 2 is 2.18 bits per heavy atom. The quantitative estimate of drug-likeness (QED) is 0.837. The highest BCUT2D eigenvalue weighted by Gasteiger charge is 2.13. The average Bonchev–Trinajstić information content (AvgIpc) is 2.65. The van der Waals surface area contributed by atoms with Crippen molar-refractivity contribution in [2.75, 3.05) is 6.54 Å². The highest BCUT2D eigenvalue weighted by atomic mass is 16.3. The molecule has 1 heterocycles. The molecule has 2 rings (SSSR count). The number of nitrogens with one attached hydrogen (secondary N) is 1. The first kappa shape index (κ1) is 11.7. The van der Waals surface area contributed by atoms with Crippen LogP contribution in [-0.4, -0.2) is 28.2 Å². The van der Waals surface area contributed by atoms with Gasteiger partial charge in [0.05, 0.1) is 11.7 Å². The molecule has 1 aromatic heterocycles. The van der Waals surface area contributed by atoms with Gasteiger partial charge in [-0.1, -0.05) is 18.2 Å². The third-order valence-electron chi connectivity index (χ3n) is 2.70. The van der Waals surface area contributed by atoms with Gasteiger partial charge in [-0.25, -0.2) is 0 Å². The Hall–Kier alpha value is -1.81. The van der Waals surface area contributed by atoms with E-state index in [2.05, 4.69) is 5.32 Å². The minimum atomic E-state index is -0.533. The van der Waals surface area contributed by atoms with E-state index in [4.69, 9.17) is 5.11 Å². The maximum Gasteiger partial charge on any atom is 0.253 e. The Morgan fingerprint density at radius 3 is 2.88 bits per heavy atom. The molecule has 90 valence electrons. The van der Waals surface area contributed by atoms with Crippen molar-refractivity contribution in [1.82, 2.24) is 9.88 Å². The molecular formula is C13H16N2O2. The number of hydrogen-bond acceptors (Lipinski definition) is 2. The van der Waals surface area contributed by atoms with Gasteiger partial charge in [0.25, 0.3) is 5.91 Å². The van der Waals surface area contributed by atoms with Crippen LogP contribution in [0.4, 0.5) is 0 Å². The van der Waals surface area contributed by atoms with Gasteiger partial charge >= 0.3 is 0 Å². The third kappa shape index (κ3) is 2.31. The van der Waals surface area contributed by atoms with Crippen molar-refractivity contribution in [1.29, 1.82) is 0 Å². The number of aliphatic hydroxyl groups is 1. The molecule has 4 nitrogen and oxygen atoms in total. The second-order valence-corrected chi connectivity index (χ2v) is 4.23. The summed E-state index contributed by atoms with van der Waals surface area (Å²) >= 11 is 0. The first-order valence-electron chi connectivity index (χ1n) is 5.60. The fraction of sp³-hybridized carbons (Fsp3) is 0.308. The molecule has 0 saturated heterocycles. The zero-order valence-electron chi connectivity index (χ0n) is 9.97. The van der Waals surface area contributed by atoms with Gasteiger partial charge < -0.3 is 15.0 Å². The van der Waals surface area contributed by atoms with Crippen molar-refractivity contribution >= 4 is 16.8 Å². The van der Waals surface area contributed by atoms with E-state index in [-0.39, 0.29) is 12.5 Å². The number of benzene rings is 1. The summed E-state index contributed by atoms with van der Waals surface area (Å²) in [6.07, 6.45) is 1.27. The molecule has 0 bridgehead atoms. The number of carbonyl (C=O) groups excluding carboxylic acids is 1. The van der Waals surface area contributed by atoms with Crippen LogP contribution in [0.25, 0.3) is 10.9 Å². The normalized spacial score (nSPS) is 12.6. The summed E-state index contributed by atoms with van der Waals surface area (Å²) < 4.78 is 1.92. The van der Waals surface area contributed by atoms with E-state index in [9.17, 15) is 4.79 Å². The monoisotopic (exact) mass is 232 g/mol. The second-order valence-electron chi connectivity index (χ2n) is 4.23. The number of fused-ring (bicyclic) bond motifs is 1. The molecule has 1 amide bonds. The van der Waals surface area contributed by atoms with Crippen molar-refractivity contribution in [3.05, 3.63) is 36.0 Å². The van der Waals surface area contributed by atoms with Crippen molar-refractivity contribution in [3.63, 3.8) is 0 Å². The number of para-hydroxylation sites is 1. The lowest BCUT2D eigenvalue weighted by molar-refractivity contribution is 0.0925. The molecule has 1 atom stereocenters. The van der Waals surface area contributed by atoms with E-state index in [1.807, 2.05) is 42.1 Å². The molecule has 0 aliphatic carbocycles. The summed E-state index contributed by atoms with van der Waals surface area (Å²) in [5, 5.41) is 12.8. The van der Waals surface area contributed by atoms with E-state index in [0.717, 1.165) is 10.9 Å². The molecule has 0 aliphatic heterocycles. The lowest BCUT2D eigenvalue weighted by atomic mass is 10.1. The number of aryl methyl sites for hydroxylation is 1. The third-order valence-corrected chi connectivity index (χ3v) is 2.70. The van der Waals surface area contributed by atoms with Crippen LogP contribution in [0.15, 0.2) is 30.5 Å². The van der Waals surface area contributed by atoms with Crippen LogP contribution in [0.3, 0.4) is 0 Å². The van der Waals surface area contributed by atoms with Crippen molar-refractivity contribution in [2.24, 2.45) is 7.05 Å². The molecule has 17 heavy (non-hydrogen) atoms. The highest BCUT2D eigenvalue weighted by Crippen LogP contribution is 2.19. The molecule has 0 fully saturated rings. The fourth-order valence-corrected chi connectivity index (χ4v) is 1.86. The minimum absolute atomic E-state index is 0.150. The van der Waals surface area contributed by atoms with Gasteiger partial charge in [-0.2, -0.15) is 0 Å². The molecule has 0 unspecified atom stereocenters. The predicted octanol–water partition coefficient (Wildman–Crippen LogP) is 1.29. The molecular weight excluding hydrogens is 216 g/mol. The SMILES string of the molecule is C[C@@H](O)CNC(=O)c1cn(C)c2ccccc12. The lowest BCUT2D eigenvalue weighted by Gasteiger charge is -2.05. The van der Waals surface area contributed by atoms with Crippen LogP contribution in [0.1, 0.15) is 17.3 Å². The molecule has 0 radical (unpaired) electrons. The van der Waals surface area contributed by atoms with Crippen LogP contribution >= 0.6 is 0 Å². The topological polar surface area (TPSA) is 54.3 Å². The maximum absolute atomic E-state index is 11.9. The van der Waals surface area contributed by atoms with E-state index in [1.165, 1.54) is 0 Å². The van der Waals surface area contributed by atoms with E-state index in [0.29, 0.717) is 5.56 Å². The van der Waals surface area contributed by atoms with E-state index in [1.54, 1.807) is 6.92 Å². The Bertz CT molecular complexity index is 543. The number of nitrogens with zero attached hydrogens (tertiary/aromatic N) is 1. The average molecular weight is 232 g/mol. The lowest BCUT2D eigenvalue weighted by Crippen LogP contribution is -2.30. The maximum atomic E-state index is 11.9. The van der Waals surface area contributed by atoms with Gasteiger partial charge in [0.15, 0.2) is 0 Å². The highest BCUT2D eigenvalue weighted by molar-refractivity contribution is 6.06. The number of aromatic nitrogens is 1. The summed E-state index contributed by atoms with van der Waals surface area (Å²) in [7, 11) is 1.91. The number of rotatable bonds is 3. The van der Waals surface area contributed by atoms with E-state index >= 15 is 0 Å². The Labute approximate surface area is 99.9 Å². The van der Waals surface area contributed by atoms with Crippen molar-refractivity contribution in [2.45, 2.75) is 13.0 Å². The van der Waals surface area contributed by atoms with Gasteiger partial charge in [-0.05, 0) is 13.0 Å². The van der Waals surface area contributed by atoms with Gasteiger partial charge in [0.2, 0.25) is 0 Å². The molecule has 1 aromatic carbocycles. The summed E-state index contributed by atoms with van der Waals surface area (Å²) in [5.74, 6) is -0.150. The van der Waals surface area contributed by atoms with Gasteiger partial charge in [0, 0.05) is 30.7 Å².